The van der Waals surface area contributed by atoms with Crippen molar-refractivity contribution >= 4 is 39.9 Å². The average Bonchev–Trinajstić information content (AvgIpc) is 2.74. The standard InChI is InChI=1S/C23H23Cl2N3O/c1-5-7-10-19(26-4)28-14-29-23-18(12-11-16-9-8-13-27-21(16)23)22(28)17(6-2)20(25)15(3)24/h6-13,22H,2-3,5,14H2,1,4H3/b10-7-,20-17-,26-19?. The molecule has 4 nitrogen and oxygen atoms in total. The highest BCUT2D eigenvalue weighted by atomic mass is 35.5. The summed E-state index contributed by atoms with van der Waals surface area (Å²) in [6.07, 6.45) is 8.39. The zero-order valence-electron chi connectivity index (χ0n) is 16.5. The van der Waals surface area contributed by atoms with Crippen LogP contribution in [-0.4, -0.2) is 29.5 Å². The van der Waals surface area contributed by atoms with Gasteiger partial charge in [0, 0.05) is 24.2 Å². The Hall–Kier alpha value is -2.56. The van der Waals surface area contributed by atoms with Crippen LogP contribution in [0.4, 0.5) is 0 Å². The Labute approximate surface area is 181 Å². The smallest absolute Gasteiger partial charge is 0.163 e. The lowest BCUT2D eigenvalue weighted by Gasteiger charge is -2.39. The van der Waals surface area contributed by atoms with Gasteiger partial charge < -0.3 is 9.64 Å². The molecular weight excluding hydrogens is 405 g/mol. The van der Waals surface area contributed by atoms with E-state index in [4.69, 9.17) is 27.9 Å². The van der Waals surface area contributed by atoms with Crippen LogP contribution in [0.2, 0.25) is 0 Å². The maximum absolute atomic E-state index is 6.55. The van der Waals surface area contributed by atoms with Crippen LogP contribution in [0.15, 0.2) is 82.5 Å². The predicted octanol–water partition coefficient (Wildman–Crippen LogP) is 6.35. The van der Waals surface area contributed by atoms with Crippen molar-refractivity contribution in [1.29, 1.82) is 0 Å². The van der Waals surface area contributed by atoms with Crippen LogP contribution in [0.25, 0.3) is 10.9 Å². The second-order valence-electron chi connectivity index (χ2n) is 6.48. The van der Waals surface area contributed by atoms with Crippen LogP contribution in [0.5, 0.6) is 5.75 Å². The molecule has 1 aromatic heterocycles. The summed E-state index contributed by atoms with van der Waals surface area (Å²) >= 11 is 12.7. The van der Waals surface area contributed by atoms with Crippen molar-refractivity contribution in [3.8, 4) is 5.75 Å². The van der Waals surface area contributed by atoms with Crippen molar-refractivity contribution in [1.82, 2.24) is 9.88 Å². The third kappa shape index (κ3) is 4.09. The summed E-state index contributed by atoms with van der Waals surface area (Å²) in [6.45, 7) is 10.1. The lowest BCUT2D eigenvalue weighted by Crippen LogP contribution is -2.41. The van der Waals surface area contributed by atoms with Crippen molar-refractivity contribution in [2.45, 2.75) is 19.4 Å². The molecule has 2 aromatic rings. The highest BCUT2D eigenvalue weighted by Gasteiger charge is 2.34. The van der Waals surface area contributed by atoms with Gasteiger partial charge in [0.1, 0.15) is 11.4 Å². The molecule has 0 aliphatic carbocycles. The van der Waals surface area contributed by atoms with Crippen molar-refractivity contribution < 1.29 is 4.74 Å². The van der Waals surface area contributed by atoms with Crippen LogP contribution in [-0.2, 0) is 0 Å². The first kappa shape index (κ1) is 21.2. The fraction of sp³-hybridized carbons (Fsp3) is 0.217. The second kappa shape index (κ2) is 9.29. The SMILES string of the molecule is C=C/C(=C(/Cl)C(=C)Cl)C1c2ccc3cccnc3c2OCN1C(/C=C\CC)=NC. The zero-order chi connectivity index (χ0) is 21.0. The summed E-state index contributed by atoms with van der Waals surface area (Å²) in [5, 5.41) is 1.62. The largest absolute Gasteiger partial charge is 0.470 e. The molecule has 0 bridgehead atoms. The minimum absolute atomic E-state index is 0.257. The van der Waals surface area contributed by atoms with Gasteiger partial charge in [-0.3, -0.25) is 9.98 Å². The van der Waals surface area contributed by atoms with E-state index >= 15 is 0 Å². The number of pyridine rings is 1. The molecule has 1 aliphatic rings. The van der Waals surface area contributed by atoms with Gasteiger partial charge in [-0.2, -0.15) is 0 Å². The number of ether oxygens (including phenoxy) is 1. The van der Waals surface area contributed by atoms with E-state index in [0.717, 1.165) is 40.0 Å². The van der Waals surface area contributed by atoms with Crippen molar-refractivity contribution in [2.24, 2.45) is 4.99 Å². The third-order valence-electron chi connectivity index (χ3n) is 4.74. The maximum Gasteiger partial charge on any atom is 0.163 e. The van der Waals surface area contributed by atoms with Gasteiger partial charge in [0.05, 0.1) is 16.1 Å². The number of hydrogen-bond donors (Lipinski definition) is 0. The van der Waals surface area contributed by atoms with Gasteiger partial charge in [-0.15, -0.1) is 0 Å². The van der Waals surface area contributed by atoms with Gasteiger partial charge in [0.15, 0.2) is 12.5 Å². The normalized spacial score (nSPS) is 17.7. The molecule has 1 aromatic carbocycles. The van der Waals surface area contributed by atoms with Gasteiger partial charge in [-0.1, -0.05) is 73.6 Å². The van der Waals surface area contributed by atoms with E-state index in [1.807, 2.05) is 35.2 Å². The van der Waals surface area contributed by atoms with Crippen molar-refractivity contribution in [3.05, 3.63) is 83.0 Å². The Kier molecular flexibility index (Phi) is 6.78. The summed E-state index contributed by atoms with van der Waals surface area (Å²) in [7, 11) is 1.75. The molecule has 3 rings (SSSR count). The first-order chi connectivity index (χ1) is 14.0. The number of allylic oxidation sites excluding steroid dienone is 3. The Morgan fingerprint density at radius 1 is 1.38 bits per heavy atom. The van der Waals surface area contributed by atoms with Gasteiger partial charge in [0.25, 0.3) is 0 Å². The summed E-state index contributed by atoms with van der Waals surface area (Å²) in [6, 6.07) is 7.66. The molecule has 0 fully saturated rings. The summed E-state index contributed by atoms with van der Waals surface area (Å²) in [4.78, 5) is 11.0. The van der Waals surface area contributed by atoms with Crippen molar-refractivity contribution in [3.63, 3.8) is 0 Å². The topological polar surface area (TPSA) is 37.7 Å². The molecule has 0 N–H and O–H groups in total. The van der Waals surface area contributed by atoms with E-state index in [-0.39, 0.29) is 17.8 Å². The Morgan fingerprint density at radius 3 is 2.83 bits per heavy atom. The van der Waals surface area contributed by atoms with Crippen LogP contribution in [0.3, 0.4) is 0 Å². The molecule has 29 heavy (non-hydrogen) atoms. The number of amidine groups is 1. The maximum atomic E-state index is 6.55. The Bertz CT molecular complexity index is 1040. The van der Waals surface area contributed by atoms with E-state index < -0.39 is 0 Å². The van der Waals surface area contributed by atoms with Crippen molar-refractivity contribution in [2.75, 3.05) is 13.8 Å². The summed E-state index contributed by atoms with van der Waals surface area (Å²) in [5.41, 5.74) is 2.45. The molecule has 150 valence electrons. The number of benzene rings is 1. The Morgan fingerprint density at radius 2 is 2.17 bits per heavy atom. The number of hydrogen-bond acceptors (Lipinski definition) is 3. The molecule has 0 saturated heterocycles. The lowest BCUT2D eigenvalue weighted by atomic mass is 9.93. The molecule has 1 unspecified atom stereocenters. The van der Waals surface area contributed by atoms with E-state index in [1.165, 1.54) is 0 Å². The molecule has 0 saturated carbocycles. The number of nitrogens with zero attached hydrogens (tertiary/aromatic N) is 3. The lowest BCUT2D eigenvalue weighted by molar-refractivity contribution is 0.141. The molecule has 0 amide bonds. The number of halogens is 2. The first-order valence-electron chi connectivity index (χ1n) is 9.30. The second-order valence-corrected chi connectivity index (χ2v) is 7.31. The monoisotopic (exact) mass is 427 g/mol. The quantitative estimate of drug-likeness (QED) is 0.316. The molecular formula is C23H23Cl2N3O. The molecule has 6 heteroatoms. The van der Waals surface area contributed by atoms with E-state index in [1.54, 1.807) is 19.3 Å². The number of aromatic nitrogens is 1. The van der Waals surface area contributed by atoms with E-state index in [0.29, 0.717) is 5.03 Å². The van der Waals surface area contributed by atoms with Crippen LogP contribution in [0, 0.1) is 0 Å². The molecule has 1 aliphatic heterocycles. The zero-order valence-corrected chi connectivity index (χ0v) is 18.0. The minimum atomic E-state index is -0.300. The summed E-state index contributed by atoms with van der Waals surface area (Å²) < 4.78 is 6.17. The Balaban J connectivity index is 2.27. The minimum Gasteiger partial charge on any atom is -0.470 e. The first-order valence-corrected chi connectivity index (χ1v) is 10.1. The fourth-order valence-corrected chi connectivity index (χ4v) is 3.70. The van der Waals surface area contributed by atoms with Gasteiger partial charge in [-0.25, -0.2) is 0 Å². The molecule has 0 radical (unpaired) electrons. The van der Waals surface area contributed by atoms with Gasteiger partial charge >= 0.3 is 0 Å². The number of rotatable bonds is 5. The van der Waals surface area contributed by atoms with E-state index in [2.05, 4.69) is 36.1 Å². The molecule has 0 spiro atoms. The number of aliphatic imine (C=N–C) groups is 1. The average molecular weight is 428 g/mol. The molecule has 1 atom stereocenters. The summed E-state index contributed by atoms with van der Waals surface area (Å²) in [5.74, 6) is 1.50. The van der Waals surface area contributed by atoms with Gasteiger partial charge in [0.2, 0.25) is 0 Å². The van der Waals surface area contributed by atoms with Crippen LogP contribution >= 0.6 is 23.2 Å². The number of fused-ring (bicyclic) bond motifs is 3. The van der Waals surface area contributed by atoms with Crippen LogP contribution in [0.1, 0.15) is 24.9 Å². The van der Waals surface area contributed by atoms with E-state index in [9.17, 15) is 0 Å². The fourth-order valence-electron chi connectivity index (χ4n) is 3.41. The van der Waals surface area contributed by atoms with Crippen LogP contribution < -0.4 is 4.74 Å². The highest BCUT2D eigenvalue weighted by molar-refractivity contribution is 6.44. The predicted molar refractivity (Wildman–Crippen MR) is 123 cm³/mol. The third-order valence-corrected chi connectivity index (χ3v) is 5.48. The highest BCUT2D eigenvalue weighted by Crippen LogP contribution is 2.44. The molecule has 2 heterocycles. The van der Waals surface area contributed by atoms with Gasteiger partial charge in [-0.05, 0) is 24.1 Å².